The lowest BCUT2D eigenvalue weighted by atomic mass is 10.1. The number of nitrogens with one attached hydrogen (secondary N) is 1. The number of aromatic nitrogens is 1. The summed E-state index contributed by atoms with van der Waals surface area (Å²) in [6.07, 6.45) is -3.33. The Morgan fingerprint density at radius 1 is 1.23 bits per heavy atom. The van der Waals surface area contributed by atoms with Crippen LogP contribution in [0, 0.1) is 0 Å². The Hall–Kier alpha value is -2.07. The number of rotatable bonds is 4. The van der Waals surface area contributed by atoms with Crippen molar-refractivity contribution >= 4 is 21.8 Å². The van der Waals surface area contributed by atoms with Crippen LogP contribution in [0.3, 0.4) is 0 Å². The number of hydrogen-bond donors (Lipinski definition) is 1. The van der Waals surface area contributed by atoms with Crippen molar-refractivity contribution in [1.82, 2.24) is 10.5 Å². The Balaban J connectivity index is 1.72. The van der Waals surface area contributed by atoms with E-state index in [2.05, 4.69) is 31.1 Å². The first kappa shape index (κ1) is 18.7. The normalized spacial score (nSPS) is 15.7. The lowest BCUT2D eigenvalue weighted by Crippen LogP contribution is -2.39. The molecule has 0 spiro atoms. The van der Waals surface area contributed by atoms with Crippen LogP contribution in [0.25, 0.3) is 11.3 Å². The van der Waals surface area contributed by atoms with Gasteiger partial charge < -0.3 is 19.3 Å². The Labute approximate surface area is 154 Å². The second-order valence-electron chi connectivity index (χ2n) is 5.61. The zero-order chi connectivity index (χ0) is 18.7. The molecule has 0 atom stereocenters. The van der Waals surface area contributed by atoms with E-state index in [9.17, 15) is 18.0 Å². The number of carbonyl (C=O) groups is 1. The third-order valence-electron chi connectivity index (χ3n) is 3.76. The monoisotopic (exact) mass is 434 g/mol. The largest absolute Gasteiger partial charge is 0.573 e. The third-order valence-corrected chi connectivity index (χ3v) is 4.49. The number of nitrogens with zero attached hydrogens (tertiary/aromatic N) is 1. The number of ether oxygens (including phenoxy) is 2. The predicted octanol–water partition coefficient (Wildman–Crippen LogP) is 3.91. The summed E-state index contributed by atoms with van der Waals surface area (Å²) in [4.78, 5) is 12.3. The Bertz CT molecular complexity index is 771. The fraction of sp³-hybridized carbons (Fsp3) is 0.375. The highest BCUT2D eigenvalue weighted by Gasteiger charge is 2.31. The summed E-state index contributed by atoms with van der Waals surface area (Å²) in [5, 5.41) is 6.62. The first-order valence-electron chi connectivity index (χ1n) is 7.73. The van der Waals surface area contributed by atoms with Gasteiger partial charge in [-0.3, -0.25) is 4.79 Å². The molecule has 10 heteroatoms. The molecule has 0 saturated carbocycles. The van der Waals surface area contributed by atoms with Gasteiger partial charge in [0.15, 0.2) is 11.5 Å². The van der Waals surface area contributed by atoms with Gasteiger partial charge in [0.2, 0.25) is 0 Å². The number of hydrogen-bond acceptors (Lipinski definition) is 5. The maximum absolute atomic E-state index is 12.3. The number of carbonyl (C=O) groups excluding carboxylic acids is 1. The molecule has 1 N–H and O–H groups in total. The van der Waals surface area contributed by atoms with E-state index >= 15 is 0 Å². The quantitative estimate of drug-likeness (QED) is 0.789. The molecule has 0 aliphatic carbocycles. The van der Waals surface area contributed by atoms with Crippen molar-refractivity contribution in [3.05, 3.63) is 34.4 Å². The lowest BCUT2D eigenvalue weighted by Gasteiger charge is -2.22. The molecule has 2 heterocycles. The molecule has 1 amide bonds. The molecule has 140 valence electrons. The Morgan fingerprint density at radius 3 is 2.50 bits per heavy atom. The van der Waals surface area contributed by atoms with Crippen molar-refractivity contribution in [2.75, 3.05) is 13.2 Å². The summed E-state index contributed by atoms with van der Waals surface area (Å²) >= 11 is 3.27. The van der Waals surface area contributed by atoms with Gasteiger partial charge in [0, 0.05) is 24.8 Å². The van der Waals surface area contributed by atoms with Crippen LogP contribution in [-0.2, 0) is 4.74 Å². The second kappa shape index (κ2) is 7.67. The molecule has 1 saturated heterocycles. The molecular weight excluding hydrogens is 421 g/mol. The van der Waals surface area contributed by atoms with E-state index in [4.69, 9.17) is 9.26 Å². The Morgan fingerprint density at radius 2 is 1.88 bits per heavy atom. The van der Waals surface area contributed by atoms with Crippen molar-refractivity contribution in [3.63, 3.8) is 0 Å². The van der Waals surface area contributed by atoms with Crippen molar-refractivity contribution in [2.24, 2.45) is 0 Å². The predicted molar refractivity (Wildman–Crippen MR) is 87.6 cm³/mol. The number of benzene rings is 1. The van der Waals surface area contributed by atoms with Crippen LogP contribution >= 0.6 is 15.9 Å². The molecule has 1 aromatic carbocycles. The fourth-order valence-corrected chi connectivity index (χ4v) is 3.06. The smallest absolute Gasteiger partial charge is 0.406 e. The lowest BCUT2D eigenvalue weighted by molar-refractivity contribution is -0.274. The number of amides is 1. The van der Waals surface area contributed by atoms with Crippen LogP contribution < -0.4 is 10.1 Å². The summed E-state index contributed by atoms with van der Waals surface area (Å²) in [5.74, 6) is -0.508. The minimum Gasteiger partial charge on any atom is -0.406 e. The maximum atomic E-state index is 12.3. The van der Waals surface area contributed by atoms with E-state index in [0.29, 0.717) is 36.1 Å². The summed E-state index contributed by atoms with van der Waals surface area (Å²) < 4.78 is 51.2. The van der Waals surface area contributed by atoms with Crippen LogP contribution in [0.2, 0.25) is 0 Å². The maximum Gasteiger partial charge on any atom is 0.573 e. The van der Waals surface area contributed by atoms with Gasteiger partial charge >= 0.3 is 6.36 Å². The molecule has 1 aliphatic rings. The van der Waals surface area contributed by atoms with Gasteiger partial charge in [0.05, 0.1) is 4.47 Å². The highest BCUT2D eigenvalue weighted by molar-refractivity contribution is 9.10. The number of alkyl halides is 3. The van der Waals surface area contributed by atoms with E-state index in [1.54, 1.807) is 0 Å². The van der Waals surface area contributed by atoms with Crippen LogP contribution in [0.5, 0.6) is 5.75 Å². The van der Waals surface area contributed by atoms with Crippen molar-refractivity contribution in [2.45, 2.75) is 25.2 Å². The van der Waals surface area contributed by atoms with Gasteiger partial charge in [-0.15, -0.1) is 13.2 Å². The van der Waals surface area contributed by atoms with Crippen LogP contribution in [0.15, 0.2) is 33.3 Å². The van der Waals surface area contributed by atoms with Crippen LogP contribution in [-0.4, -0.2) is 36.7 Å². The topological polar surface area (TPSA) is 73.6 Å². The molecule has 0 unspecified atom stereocenters. The van der Waals surface area contributed by atoms with Crippen molar-refractivity contribution in [1.29, 1.82) is 0 Å². The number of halogens is 4. The minimum atomic E-state index is -4.76. The minimum absolute atomic E-state index is 0.00195. The van der Waals surface area contributed by atoms with Gasteiger partial charge in [-0.05, 0) is 53.0 Å². The molecule has 0 radical (unpaired) electrons. The van der Waals surface area contributed by atoms with Crippen LogP contribution in [0.1, 0.15) is 23.3 Å². The van der Waals surface area contributed by atoms with E-state index in [1.807, 2.05) is 0 Å². The van der Waals surface area contributed by atoms with Crippen molar-refractivity contribution in [3.8, 4) is 17.1 Å². The first-order valence-corrected chi connectivity index (χ1v) is 8.53. The Kier molecular flexibility index (Phi) is 5.52. The average molecular weight is 435 g/mol. The van der Waals surface area contributed by atoms with Gasteiger partial charge in [-0.25, -0.2) is 0 Å². The molecule has 1 fully saturated rings. The van der Waals surface area contributed by atoms with Crippen LogP contribution in [0.4, 0.5) is 13.2 Å². The summed E-state index contributed by atoms with van der Waals surface area (Å²) in [7, 11) is 0. The molecule has 2 aromatic rings. The standard InChI is InChI=1S/C16H14BrF3N2O4/c17-12-13(15(23)21-10-5-7-24-8-6-10)22-26-14(12)9-1-3-11(4-2-9)25-16(18,19)20/h1-4,10H,5-8H2,(H,21,23). The van der Waals surface area contributed by atoms with Crippen molar-refractivity contribution < 1.29 is 32.0 Å². The molecule has 6 nitrogen and oxygen atoms in total. The average Bonchev–Trinajstić information content (AvgIpc) is 2.97. The van der Waals surface area contributed by atoms with Gasteiger partial charge in [-0.1, -0.05) is 5.16 Å². The third kappa shape index (κ3) is 4.55. The molecule has 0 bridgehead atoms. The zero-order valence-electron chi connectivity index (χ0n) is 13.3. The molecule has 1 aliphatic heterocycles. The summed E-state index contributed by atoms with van der Waals surface area (Å²) in [5.41, 5.74) is 0.520. The first-order chi connectivity index (χ1) is 12.3. The van der Waals surface area contributed by atoms with E-state index in [-0.39, 0.29) is 23.2 Å². The molecule has 26 heavy (non-hydrogen) atoms. The second-order valence-corrected chi connectivity index (χ2v) is 6.40. The van der Waals surface area contributed by atoms with E-state index < -0.39 is 12.3 Å². The molecule has 3 rings (SSSR count). The van der Waals surface area contributed by atoms with E-state index in [1.165, 1.54) is 12.1 Å². The highest BCUT2D eigenvalue weighted by atomic mass is 79.9. The zero-order valence-corrected chi connectivity index (χ0v) is 14.9. The van der Waals surface area contributed by atoms with Gasteiger partial charge in [-0.2, -0.15) is 0 Å². The molecular formula is C16H14BrF3N2O4. The highest BCUT2D eigenvalue weighted by Crippen LogP contribution is 2.33. The van der Waals surface area contributed by atoms with Gasteiger partial charge in [0.25, 0.3) is 5.91 Å². The summed E-state index contributed by atoms with van der Waals surface area (Å²) in [6.45, 7) is 1.17. The fourth-order valence-electron chi connectivity index (χ4n) is 2.50. The van der Waals surface area contributed by atoms with E-state index in [0.717, 1.165) is 12.1 Å². The van der Waals surface area contributed by atoms with Gasteiger partial charge in [0.1, 0.15) is 5.75 Å². The summed E-state index contributed by atoms with van der Waals surface area (Å²) in [6, 6.07) is 5.07. The SMILES string of the molecule is O=C(NC1CCOCC1)c1noc(-c2ccc(OC(F)(F)F)cc2)c1Br. The molecule has 1 aromatic heterocycles.